The van der Waals surface area contributed by atoms with Crippen molar-refractivity contribution in [2.75, 3.05) is 11.9 Å². The largest absolute Gasteiger partial charge is 0.370 e. The second kappa shape index (κ2) is 5.70. The van der Waals surface area contributed by atoms with E-state index in [1.165, 1.54) is 0 Å². The second-order valence-electron chi connectivity index (χ2n) is 4.60. The topological polar surface area (TPSA) is 68.5 Å². The van der Waals surface area contributed by atoms with Gasteiger partial charge in [0, 0.05) is 18.3 Å². The molecule has 0 aliphatic rings. The maximum Gasteiger partial charge on any atom is 0.184 e. The van der Waals surface area contributed by atoms with Crippen LogP contribution in [0.3, 0.4) is 0 Å². The van der Waals surface area contributed by atoms with Crippen molar-refractivity contribution in [2.45, 2.75) is 13.8 Å². The Hall–Kier alpha value is -2.76. The van der Waals surface area contributed by atoms with Crippen LogP contribution in [0, 0.1) is 6.92 Å². The fourth-order valence-electron chi connectivity index (χ4n) is 2.01. The highest BCUT2D eigenvalue weighted by molar-refractivity contribution is 5.52. The van der Waals surface area contributed by atoms with Crippen molar-refractivity contribution in [3.8, 4) is 17.2 Å². The van der Waals surface area contributed by atoms with Crippen LogP contribution in [0.25, 0.3) is 17.2 Å². The third kappa shape index (κ3) is 2.89. The number of anilines is 1. The third-order valence-electron chi connectivity index (χ3n) is 2.92. The molecule has 1 aromatic carbocycles. The van der Waals surface area contributed by atoms with Crippen LogP contribution in [-0.2, 0) is 0 Å². The Kier molecular flexibility index (Phi) is 3.59. The Balaban J connectivity index is 1.96. The molecule has 21 heavy (non-hydrogen) atoms. The summed E-state index contributed by atoms with van der Waals surface area (Å²) in [4.78, 5) is 10.5. The lowest BCUT2D eigenvalue weighted by Gasteiger charge is -2.04. The molecule has 0 saturated heterocycles. The van der Waals surface area contributed by atoms with Crippen LogP contribution in [0.2, 0.25) is 0 Å². The maximum atomic E-state index is 4.46. The average Bonchev–Trinajstić information content (AvgIpc) is 2.98. The fraction of sp³-hybridized carbons (Fsp3) is 0.200. The minimum Gasteiger partial charge on any atom is -0.370 e. The zero-order valence-electron chi connectivity index (χ0n) is 12.0. The third-order valence-corrected chi connectivity index (χ3v) is 2.92. The first-order valence-electron chi connectivity index (χ1n) is 6.84. The van der Waals surface area contributed by atoms with E-state index in [0.29, 0.717) is 11.5 Å². The van der Waals surface area contributed by atoms with Crippen LogP contribution in [0.1, 0.15) is 12.6 Å². The van der Waals surface area contributed by atoms with E-state index < -0.39 is 0 Å². The Morgan fingerprint density at radius 2 is 1.95 bits per heavy atom. The zero-order valence-corrected chi connectivity index (χ0v) is 12.0. The molecule has 0 atom stereocenters. The van der Waals surface area contributed by atoms with Crippen LogP contribution in [0.15, 0.2) is 42.6 Å². The van der Waals surface area contributed by atoms with Gasteiger partial charge in [-0.05, 0) is 26.0 Å². The Labute approximate surface area is 122 Å². The van der Waals surface area contributed by atoms with Crippen molar-refractivity contribution < 1.29 is 0 Å². The highest BCUT2D eigenvalue weighted by atomic mass is 15.5. The van der Waals surface area contributed by atoms with Crippen LogP contribution in [-0.4, -0.2) is 31.5 Å². The lowest BCUT2D eigenvalue weighted by molar-refractivity contribution is 0.752. The molecular weight excluding hydrogens is 264 g/mol. The number of hydrogen-bond donors (Lipinski definition) is 1. The summed E-state index contributed by atoms with van der Waals surface area (Å²) in [5.41, 5.74) is 2.45. The first kappa shape index (κ1) is 13.2. The van der Waals surface area contributed by atoms with Gasteiger partial charge >= 0.3 is 0 Å². The monoisotopic (exact) mass is 280 g/mol. The van der Waals surface area contributed by atoms with Crippen molar-refractivity contribution in [1.82, 2.24) is 25.0 Å². The van der Waals surface area contributed by atoms with Gasteiger partial charge < -0.3 is 5.32 Å². The fourth-order valence-corrected chi connectivity index (χ4v) is 2.01. The molecule has 106 valence electrons. The SMILES string of the molecule is CCNc1cc(C)nc(-c2cnn(-c3ccccc3)n2)n1. The summed E-state index contributed by atoms with van der Waals surface area (Å²) in [6, 6.07) is 11.7. The predicted octanol–water partition coefficient (Wildman–Crippen LogP) is 2.46. The van der Waals surface area contributed by atoms with Crippen molar-refractivity contribution in [3.63, 3.8) is 0 Å². The molecule has 0 aliphatic carbocycles. The van der Waals surface area contributed by atoms with Crippen LogP contribution in [0.4, 0.5) is 5.82 Å². The van der Waals surface area contributed by atoms with Crippen LogP contribution < -0.4 is 5.32 Å². The average molecular weight is 280 g/mol. The number of para-hydroxylation sites is 1. The summed E-state index contributed by atoms with van der Waals surface area (Å²) in [6.07, 6.45) is 1.68. The predicted molar refractivity (Wildman–Crippen MR) is 81.3 cm³/mol. The molecule has 0 saturated carbocycles. The van der Waals surface area contributed by atoms with Crippen LogP contribution in [0.5, 0.6) is 0 Å². The minimum atomic E-state index is 0.577. The summed E-state index contributed by atoms with van der Waals surface area (Å²) in [5.74, 6) is 1.38. The minimum absolute atomic E-state index is 0.577. The normalized spacial score (nSPS) is 10.6. The molecular formula is C15H16N6. The van der Waals surface area contributed by atoms with E-state index >= 15 is 0 Å². The van der Waals surface area contributed by atoms with Gasteiger partial charge in [-0.25, -0.2) is 9.97 Å². The lowest BCUT2D eigenvalue weighted by Crippen LogP contribution is -2.03. The van der Waals surface area contributed by atoms with Gasteiger partial charge in [-0.1, -0.05) is 18.2 Å². The first-order chi connectivity index (χ1) is 10.3. The molecule has 6 nitrogen and oxygen atoms in total. The molecule has 0 spiro atoms. The Morgan fingerprint density at radius 3 is 2.71 bits per heavy atom. The molecule has 6 heteroatoms. The van der Waals surface area contributed by atoms with E-state index in [0.717, 1.165) is 23.7 Å². The van der Waals surface area contributed by atoms with Gasteiger partial charge in [0.2, 0.25) is 0 Å². The van der Waals surface area contributed by atoms with E-state index in [9.17, 15) is 0 Å². The maximum absolute atomic E-state index is 4.46. The van der Waals surface area contributed by atoms with E-state index in [-0.39, 0.29) is 0 Å². The summed E-state index contributed by atoms with van der Waals surface area (Å²) < 4.78 is 0. The van der Waals surface area contributed by atoms with E-state index in [1.807, 2.05) is 50.2 Å². The molecule has 0 fully saturated rings. The number of nitrogens with one attached hydrogen (secondary N) is 1. The molecule has 0 amide bonds. The van der Waals surface area contributed by atoms with Gasteiger partial charge in [0.25, 0.3) is 0 Å². The van der Waals surface area contributed by atoms with Crippen molar-refractivity contribution in [2.24, 2.45) is 0 Å². The van der Waals surface area contributed by atoms with Gasteiger partial charge in [0.15, 0.2) is 11.5 Å². The number of rotatable bonds is 4. The van der Waals surface area contributed by atoms with E-state index in [1.54, 1.807) is 11.0 Å². The van der Waals surface area contributed by atoms with Gasteiger partial charge in [-0.2, -0.15) is 9.90 Å². The first-order valence-corrected chi connectivity index (χ1v) is 6.84. The van der Waals surface area contributed by atoms with Crippen molar-refractivity contribution in [1.29, 1.82) is 0 Å². The number of aryl methyl sites for hydroxylation is 1. The highest BCUT2D eigenvalue weighted by Crippen LogP contribution is 2.16. The quantitative estimate of drug-likeness (QED) is 0.795. The molecule has 0 radical (unpaired) electrons. The molecule has 0 aliphatic heterocycles. The zero-order chi connectivity index (χ0) is 14.7. The smallest absolute Gasteiger partial charge is 0.184 e. The van der Waals surface area contributed by atoms with Gasteiger partial charge in [0.1, 0.15) is 5.82 Å². The molecule has 3 aromatic rings. The van der Waals surface area contributed by atoms with E-state index in [4.69, 9.17) is 0 Å². The second-order valence-corrected chi connectivity index (χ2v) is 4.60. The Bertz CT molecular complexity index is 735. The van der Waals surface area contributed by atoms with Gasteiger partial charge in [-0.3, -0.25) is 0 Å². The molecule has 2 heterocycles. The molecule has 0 unspecified atom stereocenters. The van der Waals surface area contributed by atoms with Crippen molar-refractivity contribution in [3.05, 3.63) is 48.3 Å². The summed E-state index contributed by atoms with van der Waals surface area (Å²) >= 11 is 0. The Morgan fingerprint density at radius 1 is 1.14 bits per heavy atom. The lowest BCUT2D eigenvalue weighted by atomic mass is 10.3. The number of benzene rings is 1. The number of hydrogen-bond acceptors (Lipinski definition) is 5. The van der Waals surface area contributed by atoms with Gasteiger partial charge in [0.05, 0.1) is 11.9 Å². The number of aromatic nitrogens is 5. The summed E-state index contributed by atoms with van der Waals surface area (Å²) in [6.45, 7) is 4.78. The highest BCUT2D eigenvalue weighted by Gasteiger charge is 2.10. The molecule has 3 rings (SSSR count). The molecule has 1 N–H and O–H groups in total. The van der Waals surface area contributed by atoms with Gasteiger partial charge in [-0.15, -0.1) is 5.10 Å². The van der Waals surface area contributed by atoms with E-state index in [2.05, 4.69) is 25.5 Å². The van der Waals surface area contributed by atoms with Crippen LogP contribution >= 0.6 is 0 Å². The van der Waals surface area contributed by atoms with Crippen molar-refractivity contribution >= 4 is 5.82 Å². The molecule has 0 bridgehead atoms. The summed E-state index contributed by atoms with van der Waals surface area (Å²) in [7, 11) is 0. The summed E-state index contributed by atoms with van der Waals surface area (Å²) in [5, 5.41) is 11.9. The number of nitrogens with zero attached hydrogens (tertiary/aromatic N) is 5. The molecule has 2 aromatic heterocycles. The standard InChI is InChI=1S/C15H16N6/c1-3-16-14-9-11(2)18-15(19-14)13-10-17-21(20-13)12-7-5-4-6-8-12/h4-10H,3H2,1-2H3,(H,16,18,19).